The Bertz CT molecular complexity index is 748. The van der Waals surface area contributed by atoms with E-state index in [1.165, 1.54) is 12.8 Å². The maximum atomic E-state index is 12.3. The van der Waals surface area contributed by atoms with Gasteiger partial charge in [0, 0.05) is 6.54 Å². The quantitative estimate of drug-likeness (QED) is 0.804. The molecule has 0 saturated carbocycles. The van der Waals surface area contributed by atoms with E-state index in [0.29, 0.717) is 6.54 Å². The highest BCUT2D eigenvalue weighted by molar-refractivity contribution is 5.77. The second-order valence-electron chi connectivity index (χ2n) is 7.54. The van der Waals surface area contributed by atoms with Gasteiger partial charge in [-0.25, -0.2) is 0 Å². The van der Waals surface area contributed by atoms with Crippen LogP contribution in [0.3, 0.4) is 0 Å². The van der Waals surface area contributed by atoms with Gasteiger partial charge in [0.15, 0.2) is 6.61 Å². The van der Waals surface area contributed by atoms with Gasteiger partial charge in [-0.3, -0.25) is 9.69 Å². The van der Waals surface area contributed by atoms with Crippen LogP contribution >= 0.6 is 0 Å². The van der Waals surface area contributed by atoms with Crippen LogP contribution in [0.15, 0.2) is 40.8 Å². The number of hydrogen-bond donors (Lipinski definition) is 1. The molecule has 5 nitrogen and oxygen atoms in total. The maximum absolute atomic E-state index is 12.3. The molecule has 1 saturated heterocycles. The van der Waals surface area contributed by atoms with Gasteiger partial charge in [-0.1, -0.05) is 25.1 Å². The van der Waals surface area contributed by atoms with Crippen molar-refractivity contribution in [1.29, 1.82) is 0 Å². The molecule has 0 radical (unpaired) electrons. The standard InChI is InChI=1S/C22H30N2O3/c1-16-10-12-24(13-11-16)19(21-9-8-18(3)27-21)14-23-22(25)15-26-20-7-5-4-6-17(20)2/h4-9,16,19H,10-15H2,1-3H3,(H,23,25)/t19-/m1/s1. The van der Waals surface area contributed by atoms with Crippen molar-refractivity contribution in [3.63, 3.8) is 0 Å². The molecule has 1 N–H and O–H groups in total. The van der Waals surface area contributed by atoms with E-state index in [1.807, 2.05) is 50.2 Å². The van der Waals surface area contributed by atoms with E-state index in [1.54, 1.807) is 0 Å². The van der Waals surface area contributed by atoms with Gasteiger partial charge < -0.3 is 14.5 Å². The van der Waals surface area contributed by atoms with Crippen molar-refractivity contribution in [2.24, 2.45) is 5.92 Å². The van der Waals surface area contributed by atoms with Gasteiger partial charge in [-0.2, -0.15) is 0 Å². The molecule has 0 aliphatic carbocycles. The van der Waals surface area contributed by atoms with Crippen molar-refractivity contribution < 1.29 is 13.9 Å². The largest absolute Gasteiger partial charge is 0.484 e. The van der Waals surface area contributed by atoms with Gasteiger partial charge in [0.25, 0.3) is 5.91 Å². The van der Waals surface area contributed by atoms with Crippen LogP contribution in [-0.4, -0.2) is 37.0 Å². The van der Waals surface area contributed by atoms with Gasteiger partial charge in [0.05, 0.1) is 6.04 Å². The zero-order chi connectivity index (χ0) is 19.2. The molecule has 1 amide bonds. The van der Waals surface area contributed by atoms with Crippen LogP contribution in [0.1, 0.15) is 42.9 Å². The number of nitrogens with zero attached hydrogens (tertiary/aromatic N) is 1. The summed E-state index contributed by atoms with van der Waals surface area (Å²) in [4.78, 5) is 14.7. The second-order valence-corrected chi connectivity index (χ2v) is 7.54. The normalized spacial score (nSPS) is 16.9. The molecular formula is C22H30N2O3. The van der Waals surface area contributed by atoms with E-state index >= 15 is 0 Å². The molecule has 0 bridgehead atoms. The maximum Gasteiger partial charge on any atom is 0.258 e. The van der Waals surface area contributed by atoms with E-state index < -0.39 is 0 Å². The number of likely N-dealkylation sites (tertiary alicyclic amines) is 1. The summed E-state index contributed by atoms with van der Waals surface area (Å²) < 4.78 is 11.5. The number of ether oxygens (including phenoxy) is 1. The zero-order valence-electron chi connectivity index (χ0n) is 16.5. The predicted molar refractivity (Wildman–Crippen MR) is 106 cm³/mol. The summed E-state index contributed by atoms with van der Waals surface area (Å²) in [5.74, 6) is 3.21. The number of carbonyl (C=O) groups is 1. The Morgan fingerprint density at radius 2 is 1.96 bits per heavy atom. The van der Waals surface area contributed by atoms with Crippen molar-refractivity contribution in [2.75, 3.05) is 26.2 Å². The van der Waals surface area contributed by atoms with Crippen molar-refractivity contribution >= 4 is 5.91 Å². The lowest BCUT2D eigenvalue weighted by Gasteiger charge is -2.35. The lowest BCUT2D eigenvalue weighted by molar-refractivity contribution is -0.123. The monoisotopic (exact) mass is 370 g/mol. The molecule has 0 unspecified atom stereocenters. The van der Waals surface area contributed by atoms with Crippen molar-refractivity contribution in [2.45, 2.75) is 39.7 Å². The number of hydrogen-bond acceptors (Lipinski definition) is 4. The summed E-state index contributed by atoms with van der Waals surface area (Å²) in [6.45, 7) is 8.83. The van der Waals surface area contributed by atoms with Crippen LogP contribution in [0, 0.1) is 19.8 Å². The molecule has 146 valence electrons. The first-order valence-corrected chi connectivity index (χ1v) is 9.78. The highest BCUT2D eigenvalue weighted by atomic mass is 16.5. The number of carbonyl (C=O) groups excluding carboxylic acids is 1. The summed E-state index contributed by atoms with van der Waals surface area (Å²) in [7, 11) is 0. The fourth-order valence-corrected chi connectivity index (χ4v) is 3.51. The van der Waals surface area contributed by atoms with Crippen LogP contribution in [0.2, 0.25) is 0 Å². The minimum atomic E-state index is -0.114. The Morgan fingerprint density at radius 3 is 2.63 bits per heavy atom. The number of furan rings is 1. The third-order valence-corrected chi connectivity index (χ3v) is 5.29. The molecule has 1 aliphatic heterocycles. The number of benzene rings is 1. The molecule has 2 heterocycles. The lowest BCUT2D eigenvalue weighted by Crippen LogP contribution is -2.42. The van der Waals surface area contributed by atoms with Crippen LogP contribution in [0.5, 0.6) is 5.75 Å². The summed E-state index contributed by atoms with van der Waals surface area (Å²) in [6.07, 6.45) is 2.36. The minimum Gasteiger partial charge on any atom is -0.484 e. The zero-order valence-corrected chi connectivity index (χ0v) is 16.5. The Morgan fingerprint density at radius 1 is 1.22 bits per heavy atom. The molecule has 1 aromatic heterocycles. The first-order chi connectivity index (χ1) is 13.0. The van der Waals surface area contributed by atoms with Crippen LogP contribution in [0.4, 0.5) is 0 Å². The Hall–Kier alpha value is -2.27. The highest BCUT2D eigenvalue weighted by Crippen LogP contribution is 2.27. The average Bonchev–Trinajstić information content (AvgIpc) is 3.09. The number of piperidine rings is 1. The van der Waals surface area contributed by atoms with Crippen molar-refractivity contribution in [3.8, 4) is 5.75 Å². The van der Waals surface area contributed by atoms with Crippen LogP contribution in [-0.2, 0) is 4.79 Å². The van der Waals surface area contributed by atoms with Gasteiger partial charge in [0.2, 0.25) is 0 Å². The molecule has 1 fully saturated rings. The predicted octanol–water partition coefficient (Wildman–Crippen LogP) is 3.86. The number of aryl methyl sites for hydroxylation is 2. The average molecular weight is 370 g/mol. The molecule has 3 rings (SSSR count). The molecule has 0 spiro atoms. The third-order valence-electron chi connectivity index (χ3n) is 5.29. The molecule has 1 aliphatic rings. The summed E-state index contributed by atoms with van der Waals surface area (Å²) in [5.41, 5.74) is 1.02. The van der Waals surface area contributed by atoms with E-state index in [4.69, 9.17) is 9.15 Å². The number of para-hydroxylation sites is 1. The fourth-order valence-electron chi connectivity index (χ4n) is 3.51. The summed E-state index contributed by atoms with van der Waals surface area (Å²) >= 11 is 0. The van der Waals surface area contributed by atoms with Gasteiger partial charge in [-0.15, -0.1) is 0 Å². The van der Waals surface area contributed by atoms with Crippen molar-refractivity contribution in [1.82, 2.24) is 10.2 Å². The number of rotatable bonds is 7. The molecule has 1 aromatic carbocycles. The Balaban J connectivity index is 1.57. The van der Waals surface area contributed by atoms with E-state index in [9.17, 15) is 4.79 Å². The van der Waals surface area contributed by atoms with Gasteiger partial charge >= 0.3 is 0 Å². The molecule has 27 heavy (non-hydrogen) atoms. The second kappa shape index (κ2) is 9.09. The summed E-state index contributed by atoms with van der Waals surface area (Å²) in [5, 5.41) is 3.02. The topological polar surface area (TPSA) is 54.7 Å². The lowest BCUT2D eigenvalue weighted by atomic mass is 9.97. The molecule has 2 aromatic rings. The molecule has 5 heteroatoms. The van der Waals surface area contributed by atoms with Gasteiger partial charge in [0.1, 0.15) is 17.3 Å². The Kier molecular flexibility index (Phi) is 6.56. The first kappa shape index (κ1) is 19.5. The van der Waals surface area contributed by atoms with Gasteiger partial charge in [-0.05, 0) is 69.5 Å². The number of amides is 1. The van der Waals surface area contributed by atoms with E-state index in [-0.39, 0.29) is 18.6 Å². The third kappa shape index (κ3) is 5.36. The first-order valence-electron chi connectivity index (χ1n) is 9.78. The smallest absolute Gasteiger partial charge is 0.258 e. The highest BCUT2D eigenvalue weighted by Gasteiger charge is 2.27. The Labute approximate surface area is 161 Å². The fraction of sp³-hybridized carbons (Fsp3) is 0.500. The molecular weight excluding hydrogens is 340 g/mol. The van der Waals surface area contributed by atoms with Crippen LogP contribution < -0.4 is 10.1 Å². The number of nitrogens with one attached hydrogen (secondary N) is 1. The summed E-state index contributed by atoms with van der Waals surface area (Å²) in [6, 6.07) is 11.8. The minimum absolute atomic E-state index is 0.0196. The SMILES string of the molecule is Cc1ccc([C@@H](CNC(=O)COc2ccccc2C)N2CCC(C)CC2)o1. The van der Waals surface area contributed by atoms with Crippen molar-refractivity contribution in [3.05, 3.63) is 53.5 Å². The van der Waals surface area contributed by atoms with E-state index in [0.717, 1.165) is 41.8 Å². The van der Waals surface area contributed by atoms with Crippen LogP contribution in [0.25, 0.3) is 0 Å². The molecule has 1 atom stereocenters. The van der Waals surface area contributed by atoms with E-state index in [2.05, 4.69) is 17.1 Å².